The van der Waals surface area contributed by atoms with E-state index in [-0.39, 0.29) is 13.0 Å². The molecule has 0 aromatic heterocycles. The van der Waals surface area contributed by atoms with Crippen LogP contribution in [0.3, 0.4) is 0 Å². The predicted molar refractivity (Wildman–Crippen MR) is 66.7 cm³/mol. The van der Waals surface area contributed by atoms with Gasteiger partial charge in [0.05, 0.1) is 0 Å². The minimum absolute atomic E-state index is 0.0415. The summed E-state index contributed by atoms with van der Waals surface area (Å²) in [5, 5.41) is 19.8. The molecule has 0 fully saturated rings. The predicted octanol–water partition coefficient (Wildman–Crippen LogP) is 0.791. The summed E-state index contributed by atoms with van der Waals surface area (Å²) in [5.41, 5.74) is 0.542. The molecule has 0 radical (unpaired) electrons. The third-order valence-electron chi connectivity index (χ3n) is 2.28. The Hall–Kier alpha value is -2.21. The molecule has 102 valence electrons. The number of carbonyl (C=O) groups excluding carboxylic acids is 1. The van der Waals surface area contributed by atoms with E-state index in [0.29, 0.717) is 5.56 Å². The first-order valence-corrected chi connectivity index (χ1v) is 5.61. The Morgan fingerprint density at radius 3 is 2.79 bits per heavy atom. The lowest BCUT2D eigenvalue weighted by atomic mass is 10.2. The van der Waals surface area contributed by atoms with Gasteiger partial charge >= 0.3 is 5.97 Å². The molecule has 0 unspecified atom stereocenters. The van der Waals surface area contributed by atoms with Gasteiger partial charge < -0.3 is 15.5 Å². The van der Waals surface area contributed by atoms with Gasteiger partial charge in [-0.1, -0.05) is 12.1 Å². The van der Waals surface area contributed by atoms with Crippen molar-refractivity contribution in [3.8, 4) is 0 Å². The number of carboxylic acids is 1. The topological polar surface area (TPSA) is 86.6 Å². The Kier molecular flexibility index (Phi) is 5.69. The smallest absolute Gasteiger partial charge is 0.332 e. The lowest BCUT2D eigenvalue weighted by molar-refractivity contribution is -0.147. The Morgan fingerprint density at radius 2 is 2.16 bits per heavy atom. The Labute approximate surface area is 109 Å². The van der Waals surface area contributed by atoms with E-state index in [2.05, 4.69) is 5.32 Å². The van der Waals surface area contributed by atoms with Crippen molar-refractivity contribution in [1.29, 1.82) is 0 Å². The maximum atomic E-state index is 12.8. The number of nitrogens with one attached hydrogen (secondary N) is 1. The lowest BCUT2D eigenvalue weighted by Gasteiger charge is -2.05. The number of rotatable bonds is 6. The quantitative estimate of drug-likeness (QED) is 0.665. The molecular formula is C13H14FNO4. The SMILES string of the molecule is O=C(/C=C/c1cccc(F)c1)NCC[C@H](O)C(=O)O. The van der Waals surface area contributed by atoms with Gasteiger partial charge in [0.15, 0.2) is 6.10 Å². The summed E-state index contributed by atoms with van der Waals surface area (Å²) >= 11 is 0. The molecule has 0 saturated carbocycles. The van der Waals surface area contributed by atoms with Crippen molar-refractivity contribution in [2.45, 2.75) is 12.5 Å². The average molecular weight is 267 g/mol. The summed E-state index contributed by atoms with van der Waals surface area (Å²) in [5.74, 6) is -2.17. The van der Waals surface area contributed by atoms with Crippen LogP contribution in [-0.4, -0.2) is 34.7 Å². The van der Waals surface area contributed by atoms with Crippen molar-refractivity contribution in [2.24, 2.45) is 0 Å². The van der Waals surface area contributed by atoms with Gasteiger partial charge in [-0.25, -0.2) is 9.18 Å². The molecule has 0 saturated heterocycles. The van der Waals surface area contributed by atoms with Gasteiger partial charge in [0.25, 0.3) is 0 Å². The molecule has 0 aliphatic carbocycles. The van der Waals surface area contributed by atoms with Crippen molar-refractivity contribution in [2.75, 3.05) is 6.54 Å². The molecule has 0 heterocycles. The van der Waals surface area contributed by atoms with Gasteiger partial charge in [-0.2, -0.15) is 0 Å². The molecule has 0 aliphatic heterocycles. The van der Waals surface area contributed by atoms with Crippen molar-refractivity contribution in [1.82, 2.24) is 5.32 Å². The minimum Gasteiger partial charge on any atom is -0.479 e. The number of amides is 1. The van der Waals surface area contributed by atoms with E-state index in [1.807, 2.05) is 0 Å². The van der Waals surface area contributed by atoms with E-state index in [1.165, 1.54) is 30.4 Å². The summed E-state index contributed by atoms with van der Waals surface area (Å²) < 4.78 is 12.8. The maximum Gasteiger partial charge on any atom is 0.332 e. The van der Waals surface area contributed by atoms with Gasteiger partial charge in [0.2, 0.25) is 5.91 Å². The highest BCUT2D eigenvalue weighted by Gasteiger charge is 2.12. The van der Waals surface area contributed by atoms with Crippen LogP contribution in [0.5, 0.6) is 0 Å². The van der Waals surface area contributed by atoms with Crippen LogP contribution in [0, 0.1) is 5.82 Å². The number of benzene rings is 1. The van der Waals surface area contributed by atoms with Crippen molar-refractivity contribution in [3.05, 3.63) is 41.7 Å². The molecule has 3 N–H and O–H groups in total. The number of aliphatic hydroxyl groups excluding tert-OH is 1. The molecule has 0 spiro atoms. The van der Waals surface area contributed by atoms with Crippen molar-refractivity contribution >= 4 is 18.0 Å². The molecule has 0 aliphatic rings. The standard InChI is InChI=1S/C13H14FNO4/c14-10-3-1-2-9(8-10)4-5-12(17)15-7-6-11(16)13(18)19/h1-5,8,11,16H,6-7H2,(H,15,17)(H,18,19)/b5-4+/t11-/m0/s1. The summed E-state index contributed by atoms with van der Waals surface area (Å²) in [6.07, 6.45) is 1.08. The second-order valence-electron chi connectivity index (χ2n) is 3.82. The molecular weight excluding hydrogens is 253 g/mol. The number of hydrogen-bond acceptors (Lipinski definition) is 3. The number of carboxylic acid groups (broad SMARTS) is 1. The molecule has 1 aromatic rings. The summed E-state index contributed by atoms with van der Waals surface area (Å²) in [7, 11) is 0. The fourth-order valence-electron chi connectivity index (χ4n) is 1.30. The Morgan fingerprint density at radius 1 is 1.42 bits per heavy atom. The third kappa shape index (κ3) is 5.78. The maximum absolute atomic E-state index is 12.8. The van der Waals surface area contributed by atoms with Crippen molar-refractivity contribution in [3.63, 3.8) is 0 Å². The zero-order chi connectivity index (χ0) is 14.3. The van der Waals surface area contributed by atoms with E-state index in [9.17, 15) is 14.0 Å². The van der Waals surface area contributed by atoms with E-state index in [4.69, 9.17) is 10.2 Å². The van der Waals surface area contributed by atoms with Gasteiger partial charge in [0.1, 0.15) is 5.82 Å². The minimum atomic E-state index is -1.49. The lowest BCUT2D eigenvalue weighted by Crippen LogP contribution is -2.28. The zero-order valence-corrected chi connectivity index (χ0v) is 10.0. The van der Waals surface area contributed by atoms with E-state index >= 15 is 0 Å². The number of halogens is 1. The normalized spacial score (nSPS) is 12.3. The van der Waals surface area contributed by atoms with Crippen LogP contribution in [-0.2, 0) is 9.59 Å². The Bertz CT molecular complexity index is 487. The van der Waals surface area contributed by atoms with E-state index in [0.717, 1.165) is 0 Å². The number of hydrogen-bond donors (Lipinski definition) is 3. The highest BCUT2D eigenvalue weighted by atomic mass is 19.1. The molecule has 1 aromatic carbocycles. The molecule has 0 bridgehead atoms. The summed E-state index contributed by atoms with van der Waals surface area (Å²) in [6, 6.07) is 5.74. The van der Waals surface area contributed by atoms with Crippen LogP contribution in [0.25, 0.3) is 6.08 Å². The van der Waals surface area contributed by atoms with Crippen LogP contribution >= 0.6 is 0 Å². The monoisotopic (exact) mass is 267 g/mol. The second kappa shape index (κ2) is 7.27. The van der Waals surface area contributed by atoms with Crippen LogP contribution in [0.1, 0.15) is 12.0 Å². The molecule has 6 heteroatoms. The number of carbonyl (C=O) groups is 2. The second-order valence-corrected chi connectivity index (χ2v) is 3.82. The third-order valence-corrected chi connectivity index (χ3v) is 2.28. The van der Waals surface area contributed by atoms with Crippen LogP contribution in [0.4, 0.5) is 4.39 Å². The fourth-order valence-corrected chi connectivity index (χ4v) is 1.30. The summed E-state index contributed by atoms with van der Waals surface area (Å²) in [4.78, 5) is 21.6. The molecule has 1 rings (SSSR count). The Balaban J connectivity index is 2.37. The van der Waals surface area contributed by atoms with Gasteiger partial charge in [-0.3, -0.25) is 4.79 Å². The van der Waals surface area contributed by atoms with E-state index < -0.39 is 23.8 Å². The van der Waals surface area contributed by atoms with Crippen molar-refractivity contribution < 1.29 is 24.2 Å². The number of aliphatic hydroxyl groups is 1. The largest absolute Gasteiger partial charge is 0.479 e. The van der Waals surface area contributed by atoms with Crippen LogP contribution in [0.15, 0.2) is 30.3 Å². The zero-order valence-electron chi connectivity index (χ0n) is 10.0. The first kappa shape index (κ1) is 14.8. The summed E-state index contributed by atoms with van der Waals surface area (Å²) in [6.45, 7) is 0.0415. The highest BCUT2D eigenvalue weighted by molar-refractivity contribution is 5.91. The molecule has 5 nitrogen and oxygen atoms in total. The van der Waals surface area contributed by atoms with E-state index in [1.54, 1.807) is 6.07 Å². The number of aliphatic carboxylic acids is 1. The highest BCUT2D eigenvalue weighted by Crippen LogP contribution is 2.05. The molecule has 1 amide bonds. The molecule has 19 heavy (non-hydrogen) atoms. The van der Waals surface area contributed by atoms with Gasteiger partial charge in [-0.15, -0.1) is 0 Å². The van der Waals surface area contributed by atoms with Crippen LogP contribution in [0.2, 0.25) is 0 Å². The van der Waals surface area contributed by atoms with Gasteiger partial charge in [-0.05, 0) is 23.8 Å². The fraction of sp³-hybridized carbons (Fsp3) is 0.231. The van der Waals surface area contributed by atoms with Crippen LogP contribution < -0.4 is 5.32 Å². The average Bonchev–Trinajstić information content (AvgIpc) is 2.36. The van der Waals surface area contributed by atoms with Gasteiger partial charge in [0, 0.05) is 19.0 Å². The molecule has 1 atom stereocenters. The first-order valence-electron chi connectivity index (χ1n) is 5.61. The first-order chi connectivity index (χ1) is 8.99.